The maximum Gasteiger partial charge on any atom is 0.265 e. The molecule has 0 saturated heterocycles. The first kappa shape index (κ1) is 17.8. The van der Waals surface area contributed by atoms with Gasteiger partial charge in [-0.3, -0.25) is 4.79 Å². The Morgan fingerprint density at radius 2 is 1.92 bits per heavy atom. The molecule has 1 amide bonds. The Hall–Kier alpha value is -2.04. The molecule has 0 radical (unpaired) electrons. The van der Waals surface area contributed by atoms with E-state index in [2.05, 4.69) is 21.2 Å². The molecule has 0 saturated carbocycles. The average molecular weight is 419 g/mol. The van der Waals surface area contributed by atoms with Crippen LogP contribution in [0.15, 0.2) is 65.1 Å². The van der Waals surface area contributed by atoms with Crippen LogP contribution in [-0.2, 0) is 4.79 Å². The van der Waals surface area contributed by atoms with Gasteiger partial charge in [0, 0.05) is 15.5 Å². The van der Waals surface area contributed by atoms with Gasteiger partial charge in [0.15, 0.2) is 6.10 Å². The molecule has 25 heavy (non-hydrogen) atoms. The van der Waals surface area contributed by atoms with E-state index in [1.807, 2.05) is 49.4 Å². The van der Waals surface area contributed by atoms with Crippen molar-refractivity contribution in [3.63, 3.8) is 0 Å². The largest absolute Gasteiger partial charge is 0.480 e. The highest BCUT2D eigenvalue weighted by atomic mass is 79.9. The SMILES string of the molecule is CC[C@@H](Oc1cccc2ccccc12)C(=O)Nc1ccc(Br)c(Cl)c1. The van der Waals surface area contributed by atoms with Gasteiger partial charge in [-0.2, -0.15) is 0 Å². The maximum absolute atomic E-state index is 12.6. The van der Waals surface area contributed by atoms with Crippen molar-refractivity contribution in [3.8, 4) is 5.75 Å². The van der Waals surface area contributed by atoms with E-state index in [1.165, 1.54) is 0 Å². The second kappa shape index (κ2) is 7.89. The molecule has 1 atom stereocenters. The number of carbonyl (C=O) groups excluding carboxylic acids is 1. The van der Waals surface area contributed by atoms with Crippen molar-refractivity contribution in [2.45, 2.75) is 19.4 Å². The molecule has 5 heteroatoms. The number of carbonyl (C=O) groups is 1. The molecule has 0 aliphatic heterocycles. The van der Waals surface area contributed by atoms with Crippen LogP contribution in [0.4, 0.5) is 5.69 Å². The molecule has 0 aromatic heterocycles. The molecule has 0 unspecified atom stereocenters. The second-order valence-corrected chi connectivity index (χ2v) is 6.87. The van der Waals surface area contributed by atoms with Gasteiger partial charge in [0.25, 0.3) is 5.91 Å². The Bertz CT molecular complexity index is 908. The van der Waals surface area contributed by atoms with Crippen molar-refractivity contribution in [2.24, 2.45) is 0 Å². The van der Waals surface area contributed by atoms with Gasteiger partial charge >= 0.3 is 0 Å². The third-order valence-electron chi connectivity index (χ3n) is 3.87. The Labute approximate surface area is 160 Å². The van der Waals surface area contributed by atoms with E-state index in [0.29, 0.717) is 22.9 Å². The van der Waals surface area contributed by atoms with Crippen LogP contribution < -0.4 is 10.1 Å². The minimum absolute atomic E-state index is 0.200. The average Bonchev–Trinajstić information content (AvgIpc) is 2.62. The fourth-order valence-electron chi connectivity index (χ4n) is 2.57. The number of amides is 1. The van der Waals surface area contributed by atoms with E-state index in [-0.39, 0.29) is 5.91 Å². The van der Waals surface area contributed by atoms with Crippen LogP contribution >= 0.6 is 27.5 Å². The zero-order valence-electron chi connectivity index (χ0n) is 13.6. The summed E-state index contributed by atoms with van der Waals surface area (Å²) in [5, 5.41) is 5.47. The molecule has 3 rings (SSSR count). The minimum atomic E-state index is -0.590. The predicted octanol–water partition coefficient (Wildman–Crippen LogP) is 6.05. The van der Waals surface area contributed by atoms with Crippen molar-refractivity contribution < 1.29 is 9.53 Å². The standard InChI is InChI=1S/C20H17BrClNO2/c1-2-18(20(24)23-14-10-11-16(21)17(22)12-14)25-19-9-5-7-13-6-3-4-8-15(13)19/h3-12,18H,2H2,1H3,(H,23,24)/t18-/m1/s1. The lowest BCUT2D eigenvalue weighted by molar-refractivity contribution is -0.122. The summed E-state index contributed by atoms with van der Waals surface area (Å²) in [6.07, 6.45) is -0.0347. The van der Waals surface area contributed by atoms with E-state index in [4.69, 9.17) is 16.3 Å². The van der Waals surface area contributed by atoms with Crippen LogP contribution in [-0.4, -0.2) is 12.0 Å². The highest BCUT2D eigenvalue weighted by molar-refractivity contribution is 9.10. The Morgan fingerprint density at radius 3 is 2.68 bits per heavy atom. The summed E-state index contributed by atoms with van der Waals surface area (Å²) in [6.45, 7) is 1.92. The van der Waals surface area contributed by atoms with Crippen LogP contribution in [0.25, 0.3) is 10.8 Å². The molecule has 0 heterocycles. The number of halogens is 2. The third-order valence-corrected chi connectivity index (χ3v) is 5.10. The van der Waals surface area contributed by atoms with Gasteiger partial charge < -0.3 is 10.1 Å². The smallest absolute Gasteiger partial charge is 0.265 e. The van der Waals surface area contributed by atoms with Crippen molar-refractivity contribution >= 4 is 49.9 Å². The summed E-state index contributed by atoms with van der Waals surface area (Å²) in [7, 11) is 0. The first-order valence-electron chi connectivity index (χ1n) is 7.99. The minimum Gasteiger partial charge on any atom is -0.480 e. The highest BCUT2D eigenvalue weighted by Gasteiger charge is 2.19. The number of benzene rings is 3. The summed E-state index contributed by atoms with van der Waals surface area (Å²) in [6, 6.07) is 19.1. The van der Waals surface area contributed by atoms with Gasteiger partial charge in [-0.25, -0.2) is 0 Å². The normalized spacial score (nSPS) is 12.0. The fourth-order valence-corrected chi connectivity index (χ4v) is 3.00. The lowest BCUT2D eigenvalue weighted by Crippen LogP contribution is -2.32. The molecule has 3 nitrogen and oxygen atoms in total. The predicted molar refractivity (Wildman–Crippen MR) is 106 cm³/mol. The van der Waals surface area contributed by atoms with Crippen LogP contribution in [0.1, 0.15) is 13.3 Å². The second-order valence-electron chi connectivity index (χ2n) is 5.61. The van der Waals surface area contributed by atoms with Gasteiger partial charge in [0.1, 0.15) is 5.75 Å². The van der Waals surface area contributed by atoms with Gasteiger partial charge in [0.05, 0.1) is 5.02 Å². The molecule has 0 spiro atoms. The van der Waals surface area contributed by atoms with E-state index in [0.717, 1.165) is 15.2 Å². The van der Waals surface area contributed by atoms with Crippen LogP contribution in [0.3, 0.4) is 0 Å². The van der Waals surface area contributed by atoms with E-state index in [9.17, 15) is 4.79 Å². The number of rotatable bonds is 5. The molecule has 128 valence electrons. The van der Waals surface area contributed by atoms with Gasteiger partial charge in [-0.05, 0) is 52.0 Å². The Morgan fingerprint density at radius 1 is 1.16 bits per heavy atom. The first-order chi connectivity index (χ1) is 12.1. The number of fused-ring (bicyclic) bond motifs is 1. The highest BCUT2D eigenvalue weighted by Crippen LogP contribution is 2.28. The number of hydrogen-bond donors (Lipinski definition) is 1. The molecule has 0 bridgehead atoms. The number of nitrogens with one attached hydrogen (secondary N) is 1. The lowest BCUT2D eigenvalue weighted by atomic mass is 10.1. The molecule has 3 aromatic rings. The molecule has 0 aliphatic rings. The molecular formula is C20H17BrClNO2. The van der Waals surface area contributed by atoms with E-state index in [1.54, 1.807) is 18.2 Å². The summed E-state index contributed by atoms with van der Waals surface area (Å²) in [5.74, 6) is 0.503. The number of hydrogen-bond acceptors (Lipinski definition) is 2. The van der Waals surface area contributed by atoms with Gasteiger partial charge in [-0.15, -0.1) is 0 Å². The van der Waals surface area contributed by atoms with Gasteiger partial charge in [0.2, 0.25) is 0 Å². The van der Waals surface area contributed by atoms with Crippen molar-refractivity contribution in [2.75, 3.05) is 5.32 Å². The van der Waals surface area contributed by atoms with Crippen LogP contribution in [0, 0.1) is 0 Å². The molecule has 0 aliphatic carbocycles. The zero-order chi connectivity index (χ0) is 17.8. The zero-order valence-corrected chi connectivity index (χ0v) is 16.0. The molecule has 0 fully saturated rings. The van der Waals surface area contributed by atoms with Crippen molar-refractivity contribution in [1.82, 2.24) is 0 Å². The monoisotopic (exact) mass is 417 g/mol. The topological polar surface area (TPSA) is 38.3 Å². The first-order valence-corrected chi connectivity index (χ1v) is 9.16. The van der Waals surface area contributed by atoms with Crippen LogP contribution in [0.5, 0.6) is 5.75 Å². The Kier molecular flexibility index (Phi) is 5.61. The summed E-state index contributed by atoms with van der Waals surface area (Å²) in [4.78, 5) is 12.6. The third kappa shape index (κ3) is 4.14. The lowest BCUT2D eigenvalue weighted by Gasteiger charge is -2.18. The summed E-state index contributed by atoms with van der Waals surface area (Å²) in [5.41, 5.74) is 0.637. The fraction of sp³-hybridized carbons (Fsp3) is 0.150. The van der Waals surface area contributed by atoms with Crippen molar-refractivity contribution in [1.29, 1.82) is 0 Å². The quantitative estimate of drug-likeness (QED) is 0.547. The van der Waals surface area contributed by atoms with Crippen LogP contribution in [0.2, 0.25) is 5.02 Å². The number of ether oxygens (including phenoxy) is 1. The van der Waals surface area contributed by atoms with E-state index < -0.39 is 6.10 Å². The van der Waals surface area contributed by atoms with E-state index >= 15 is 0 Å². The number of anilines is 1. The summed E-state index contributed by atoms with van der Waals surface area (Å²) >= 11 is 9.41. The molecular weight excluding hydrogens is 402 g/mol. The molecule has 1 N–H and O–H groups in total. The summed E-state index contributed by atoms with van der Waals surface area (Å²) < 4.78 is 6.79. The van der Waals surface area contributed by atoms with Gasteiger partial charge in [-0.1, -0.05) is 54.9 Å². The maximum atomic E-state index is 12.6. The van der Waals surface area contributed by atoms with Crippen molar-refractivity contribution in [3.05, 3.63) is 70.2 Å². The molecule has 3 aromatic carbocycles. The Balaban J connectivity index is 1.79.